The summed E-state index contributed by atoms with van der Waals surface area (Å²) < 4.78 is 22.0. The van der Waals surface area contributed by atoms with Crippen LogP contribution in [-0.2, 0) is 19.4 Å². The van der Waals surface area contributed by atoms with Crippen molar-refractivity contribution in [2.24, 2.45) is 11.7 Å². The molecule has 0 spiro atoms. The molecule has 19 heavy (non-hydrogen) atoms. The van der Waals surface area contributed by atoms with Gasteiger partial charge in [0.1, 0.15) is 15.9 Å². The molecule has 8 heteroatoms. The van der Waals surface area contributed by atoms with Gasteiger partial charge < -0.3 is 16.2 Å². The summed E-state index contributed by atoms with van der Waals surface area (Å²) in [5, 5.41) is 11.2. The molecule has 0 aliphatic carbocycles. The summed E-state index contributed by atoms with van der Waals surface area (Å²) in [7, 11) is -3.27. The van der Waals surface area contributed by atoms with Crippen molar-refractivity contribution in [1.82, 2.24) is 5.32 Å². The fraction of sp³-hybridized carbons (Fsp3) is 0.818. The molecule has 1 amide bonds. The maximum absolute atomic E-state index is 11.7. The largest absolute Gasteiger partial charge is 0.480 e. The Labute approximate surface area is 113 Å². The third-order valence-corrected chi connectivity index (χ3v) is 3.43. The van der Waals surface area contributed by atoms with Crippen molar-refractivity contribution in [2.45, 2.75) is 38.8 Å². The highest BCUT2D eigenvalue weighted by Crippen LogP contribution is 2.04. The van der Waals surface area contributed by atoms with Gasteiger partial charge in [0.05, 0.1) is 11.8 Å². The highest BCUT2D eigenvalue weighted by molar-refractivity contribution is 7.90. The normalized spacial score (nSPS) is 15.0. The van der Waals surface area contributed by atoms with E-state index in [1.54, 1.807) is 0 Å². The van der Waals surface area contributed by atoms with Crippen molar-refractivity contribution in [3.63, 3.8) is 0 Å². The number of carbonyl (C=O) groups excluding carboxylic acids is 1. The van der Waals surface area contributed by atoms with Crippen molar-refractivity contribution in [3.8, 4) is 0 Å². The second-order valence-electron chi connectivity index (χ2n) is 5.05. The molecule has 0 saturated carbocycles. The molecule has 0 aromatic carbocycles. The fourth-order valence-electron chi connectivity index (χ4n) is 1.48. The summed E-state index contributed by atoms with van der Waals surface area (Å²) in [5.41, 5.74) is 5.63. The molecule has 0 bridgehead atoms. The van der Waals surface area contributed by atoms with Gasteiger partial charge in [-0.2, -0.15) is 0 Å². The quantitative estimate of drug-likeness (QED) is 0.547. The van der Waals surface area contributed by atoms with Gasteiger partial charge in [0.15, 0.2) is 0 Å². The highest BCUT2D eigenvalue weighted by Gasteiger charge is 2.24. The van der Waals surface area contributed by atoms with Gasteiger partial charge in [-0.1, -0.05) is 13.8 Å². The van der Waals surface area contributed by atoms with Gasteiger partial charge in [0.25, 0.3) is 0 Å². The zero-order chi connectivity index (χ0) is 15.2. The first kappa shape index (κ1) is 17.8. The number of hydrogen-bond acceptors (Lipinski definition) is 5. The molecule has 0 aliphatic rings. The molecule has 0 aromatic heterocycles. The molecular weight excluding hydrogens is 272 g/mol. The zero-order valence-electron chi connectivity index (χ0n) is 11.4. The molecule has 7 nitrogen and oxygen atoms in total. The van der Waals surface area contributed by atoms with Crippen molar-refractivity contribution in [2.75, 3.05) is 12.0 Å². The minimum absolute atomic E-state index is 0.172. The van der Waals surface area contributed by atoms with Gasteiger partial charge >= 0.3 is 5.97 Å². The van der Waals surface area contributed by atoms with Crippen LogP contribution in [0.15, 0.2) is 0 Å². The smallest absolute Gasteiger partial charge is 0.326 e. The maximum Gasteiger partial charge on any atom is 0.326 e. The van der Waals surface area contributed by atoms with E-state index in [1.165, 1.54) is 0 Å². The van der Waals surface area contributed by atoms with E-state index in [-0.39, 0.29) is 18.1 Å². The number of rotatable bonds is 8. The predicted octanol–water partition coefficient (Wildman–Crippen LogP) is -0.636. The van der Waals surface area contributed by atoms with Crippen LogP contribution >= 0.6 is 0 Å². The fourth-order valence-corrected chi connectivity index (χ4v) is 2.15. The molecule has 112 valence electrons. The van der Waals surface area contributed by atoms with Crippen molar-refractivity contribution >= 4 is 21.7 Å². The summed E-state index contributed by atoms with van der Waals surface area (Å²) in [6, 6.07) is -2.03. The average molecular weight is 294 g/mol. The number of carbonyl (C=O) groups is 2. The summed E-state index contributed by atoms with van der Waals surface area (Å²) in [5.74, 6) is -1.94. The SMILES string of the molecule is CC(C)CC(N)C(=O)NC(CCS(C)(=O)=O)C(=O)O. The molecule has 4 N–H and O–H groups in total. The van der Waals surface area contributed by atoms with E-state index >= 15 is 0 Å². The van der Waals surface area contributed by atoms with Gasteiger partial charge in [-0.15, -0.1) is 0 Å². The number of carboxylic acid groups (broad SMARTS) is 1. The van der Waals surface area contributed by atoms with Gasteiger partial charge in [0, 0.05) is 6.26 Å². The van der Waals surface area contributed by atoms with Crippen LogP contribution in [0.4, 0.5) is 0 Å². The Balaban J connectivity index is 4.50. The van der Waals surface area contributed by atoms with E-state index in [0.29, 0.717) is 6.42 Å². The van der Waals surface area contributed by atoms with E-state index in [2.05, 4.69) is 5.32 Å². The number of carboxylic acids is 1. The average Bonchev–Trinajstić information content (AvgIpc) is 2.20. The molecule has 0 aliphatic heterocycles. The van der Waals surface area contributed by atoms with Gasteiger partial charge in [-0.05, 0) is 18.8 Å². The monoisotopic (exact) mass is 294 g/mol. The zero-order valence-corrected chi connectivity index (χ0v) is 12.2. The first-order valence-corrected chi connectivity index (χ1v) is 8.05. The van der Waals surface area contributed by atoms with Crippen LogP contribution in [0, 0.1) is 5.92 Å². The van der Waals surface area contributed by atoms with Crippen LogP contribution in [-0.4, -0.2) is 49.5 Å². The van der Waals surface area contributed by atoms with Gasteiger partial charge in [0.2, 0.25) is 5.91 Å². The van der Waals surface area contributed by atoms with E-state index in [0.717, 1.165) is 6.26 Å². The third-order valence-electron chi connectivity index (χ3n) is 2.45. The Kier molecular flexibility index (Phi) is 6.99. The number of aliphatic carboxylic acids is 1. The lowest BCUT2D eigenvalue weighted by Gasteiger charge is -2.18. The Morgan fingerprint density at radius 3 is 2.21 bits per heavy atom. The Bertz CT molecular complexity index is 419. The minimum Gasteiger partial charge on any atom is -0.480 e. The Morgan fingerprint density at radius 1 is 1.32 bits per heavy atom. The van der Waals surface area contributed by atoms with E-state index in [1.807, 2.05) is 13.8 Å². The predicted molar refractivity (Wildman–Crippen MR) is 71.3 cm³/mol. The van der Waals surface area contributed by atoms with E-state index < -0.39 is 33.8 Å². The van der Waals surface area contributed by atoms with Crippen LogP contribution in [0.5, 0.6) is 0 Å². The number of nitrogens with two attached hydrogens (primary N) is 1. The lowest BCUT2D eigenvalue weighted by atomic mass is 10.0. The van der Waals surface area contributed by atoms with Crippen LogP contribution in [0.1, 0.15) is 26.7 Å². The second-order valence-corrected chi connectivity index (χ2v) is 7.31. The number of amides is 1. The topological polar surface area (TPSA) is 127 Å². The molecule has 2 atom stereocenters. The standard InChI is InChI=1S/C11H22N2O5S/c1-7(2)6-8(12)10(14)13-9(11(15)16)4-5-19(3,17)18/h7-9H,4-6,12H2,1-3H3,(H,13,14)(H,15,16). The first-order chi connectivity index (χ1) is 8.53. The summed E-state index contributed by atoms with van der Waals surface area (Å²) in [4.78, 5) is 22.6. The molecule has 0 fully saturated rings. The van der Waals surface area contributed by atoms with Crippen LogP contribution in [0.3, 0.4) is 0 Å². The number of hydrogen-bond donors (Lipinski definition) is 3. The molecule has 0 saturated heterocycles. The Hall–Kier alpha value is -1.15. The molecule has 0 rings (SSSR count). The molecule has 2 unspecified atom stereocenters. The summed E-state index contributed by atoms with van der Waals surface area (Å²) in [6.07, 6.45) is 1.27. The highest BCUT2D eigenvalue weighted by atomic mass is 32.2. The van der Waals surface area contributed by atoms with Gasteiger partial charge in [-0.25, -0.2) is 13.2 Å². The van der Waals surface area contributed by atoms with Crippen molar-refractivity contribution in [1.29, 1.82) is 0 Å². The summed E-state index contributed by atoms with van der Waals surface area (Å²) >= 11 is 0. The molecule has 0 radical (unpaired) electrons. The maximum atomic E-state index is 11.7. The van der Waals surface area contributed by atoms with Crippen molar-refractivity contribution < 1.29 is 23.1 Å². The second kappa shape index (κ2) is 7.44. The lowest BCUT2D eigenvalue weighted by Crippen LogP contribution is -2.49. The van der Waals surface area contributed by atoms with Crippen LogP contribution in [0.25, 0.3) is 0 Å². The lowest BCUT2D eigenvalue weighted by molar-refractivity contribution is -0.142. The minimum atomic E-state index is -3.27. The third kappa shape index (κ3) is 8.55. The van der Waals surface area contributed by atoms with Crippen LogP contribution < -0.4 is 11.1 Å². The van der Waals surface area contributed by atoms with Gasteiger partial charge in [-0.3, -0.25) is 4.79 Å². The summed E-state index contributed by atoms with van der Waals surface area (Å²) in [6.45, 7) is 3.79. The first-order valence-electron chi connectivity index (χ1n) is 5.99. The Morgan fingerprint density at radius 2 is 1.84 bits per heavy atom. The van der Waals surface area contributed by atoms with E-state index in [4.69, 9.17) is 10.8 Å². The molecule has 0 aromatic rings. The van der Waals surface area contributed by atoms with Crippen molar-refractivity contribution in [3.05, 3.63) is 0 Å². The molecule has 0 heterocycles. The number of sulfone groups is 1. The van der Waals surface area contributed by atoms with Crippen LogP contribution in [0.2, 0.25) is 0 Å². The number of nitrogens with one attached hydrogen (secondary N) is 1. The van der Waals surface area contributed by atoms with E-state index in [9.17, 15) is 18.0 Å². The molecular formula is C11H22N2O5S.